The monoisotopic (exact) mass is 415 g/mol. The lowest BCUT2D eigenvalue weighted by Gasteiger charge is -2.18. The van der Waals surface area contributed by atoms with E-state index in [0.29, 0.717) is 12.2 Å². The molecule has 0 spiro atoms. The highest BCUT2D eigenvalue weighted by molar-refractivity contribution is 7.94. The maximum Gasteiger partial charge on any atom is 0.305 e. The van der Waals surface area contributed by atoms with Gasteiger partial charge in [0.05, 0.1) is 18.4 Å². The Labute approximate surface area is 159 Å². The number of carbonyl (C=O) groups is 2. The van der Waals surface area contributed by atoms with Crippen molar-refractivity contribution in [3.63, 3.8) is 0 Å². The molecule has 0 aliphatic rings. The molecule has 0 aliphatic heterocycles. The van der Waals surface area contributed by atoms with E-state index >= 15 is 0 Å². The lowest BCUT2D eigenvalue weighted by molar-refractivity contribution is -0.220. The van der Waals surface area contributed by atoms with Gasteiger partial charge < -0.3 is 9.47 Å². The van der Waals surface area contributed by atoms with Gasteiger partial charge in [0.2, 0.25) is 10.0 Å². The molecule has 0 aromatic carbocycles. The molecular formula is C15H29NO8S2. The van der Waals surface area contributed by atoms with Gasteiger partial charge in [0.25, 0.3) is 0 Å². The third-order valence-corrected chi connectivity index (χ3v) is 4.82. The van der Waals surface area contributed by atoms with Gasteiger partial charge in [0.1, 0.15) is 12.7 Å². The predicted octanol–water partition coefficient (Wildman–Crippen LogP) is 1.58. The van der Waals surface area contributed by atoms with Crippen molar-refractivity contribution in [1.29, 1.82) is 0 Å². The fraction of sp³-hybridized carbons (Fsp3) is 0.867. The first kappa shape index (κ1) is 25.1. The molecule has 154 valence electrons. The molecule has 0 aromatic rings. The number of sulfonamides is 1. The number of ether oxygens (including phenoxy) is 2. The van der Waals surface area contributed by atoms with E-state index in [4.69, 9.17) is 18.7 Å². The van der Waals surface area contributed by atoms with Crippen molar-refractivity contribution in [1.82, 2.24) is 4.72 Å². The van der Waals surface area contributed by atoms with Crippen LogP contribution in [0.25, 0.3) is 0 Å². The van der Waals surface area contributed by atoms with Gasteiger partial charge >= 0.3 is 11.9 Å². The van der Waals surface area contributed by atoms with Crippen LogP contribution in [0.4, 0.5) is 0 Å². The summed E-state index contributed by atoms with van der Waals surface area (Å²) in [5.74, 6) is -0.629. The topological polar surface area (TPSA) is 117 Å². The molecule has 1 atom stereocenters. The van der Waals surface area contributed by atoms with Crippen LogP contribution in [-0.2, 0) is 38.3 Å². The Morgan fingerprint density at radius 2 is 1.77 bits per heavy atom. The molecule has 1 unspecified atom stereocenters. The van der Waals surface area contributed by atoms with Crippen LogP contribution in [0.3, 0.4) is 0 Å². The van der Waals surface area contributed by atoms with Gasteiger partial charge in [-0.2, -0.15) is 4.33 Å². The van der Waals surface area contributed by atoms with Crippen LogP contribution >= 0.6 is 12.0 Å². The molecule has 0 radical (unpaired) electrons. The number of rotatable bonds is 15. The zero-order valence-electron chi connectivity index (χ0n) is 15.7. The average molecular weight is 416 g/mol. The molecule has 0 aromatic heterocycles. The summed E-state index contributed by atoms with van der Waals surface area (Å²) in [6.45, 7) is 6.52. The van der Waals surface area contributed by atoms with Crippen molar-refractivity contribution in [2.24, 2.45) is 0 Å². The Hall–Kier alpha value is -0.880. The SMILES string of the molecule is CCC(=O)OCC(CNS(=O)(=O)CCCSOOC(C)C)OC(=O)CC. The Bertz CT molecular complexity index is 510. The normalized spacial score (nSPS) is 12.8. The zero-order valence-corrected chi connectivity index (χ0v) is 17.3. The predicted molar refractivity (Wildman–Crippen MR) is 97.6 cm³/mol. The van der Waals surface area contributed by atoms with Crippen molar-refractivity contribution in [2.45, 2.75) is 59.2 Å². The van der Waals surface area contributed by atoms with E-state index in [2.05, 4.69) is 4.72 Å². The molecule has 0 aliphatic carbocycles. The van der Waals surface area contributed by atoms with E-state index in [9.17, 15) is 18.0 Å². The van der Waals surface area contributed by atoms with Crippen LogP contribution in [0.1, 0.15) is 47.0 Å². The van der Waals surface area contributed by atoms with Crippen molar-refractivity contribution in [3.05, 3.63) is 0 Å². The Morgan fingerprint density at radius 1 is 1.12 bits per heavy atom. The highest BCUT2D eigenvalue weighted by Crippen LogP contribution is 2.08. The van der Waals surface area contributed by atoms with E-state index < -0.39 is 28.1 Å². The number of carbonyl (C=O) groups excluding carboxylic acids is 2. The minimum atomic E-state index is -3.56. The van der Waals surface area contributed by atoms with E-state index in [1.165, 1.54) is 0 Å². The first-order valence-electron chi connectivity index (χ1n) is 8.47. The second-order valence-corrected chi connectivity index (χ2v) is 8.26. The average Bonchev–Trinajstić information content (AvgIpc) is 2.59. The second-order valence-electron chi connectivity index (χ2n) is 5.56. The number of hydrogen-bond acceptors (Lipinski definition) is 9. The van der Waals surface area contributed by atoms with Crippen LogP contribution in [0.5, 0.6) is 0 Å². The van der Waals surface area contributed by atoms with Crippen LogP contribution in [-0.4, -0.2) is 57.2 Å². The lowest BCUT2D eigenvalue weighted by atomic mass is 10.3. The summed E-state index contributed by atoms with van der Waals surface area (Å²) in [5.41, 5.74) is 0. The van der Waals surface area contributed by atoms with Crippen LogP contribution in [0.2, 0.25) is 0 Å². The van der Waals surface area contributed by atoms with Gasteiger partial charge in [-0.05, 0) is 20.3 Å². The van der Waals surface area contributed by atoms with Gasteiger partial charge in [0, 0.05) is 30.6 Å². The van der Waals surface area contributed by atoms with Crippen molar-refractivity contribution < 1.29 is 36.7 Å². The lowest BCUT2D eigenvalue weighted by Crippen LogP contribution is -2.39. The molecular weight excluding hydrogens is 386 g/mol. The summed E-state index contributed by atoms with van der Waals surface area (Å²) in [6.07, 6.45) is -0.269. The molecule has 9 nitrogen and oxygen atoms in total. The molecule has 0 rings (SSSR count). The van der Waals surface area contributed by atoms with E-state index in [1.807, 2.05) is 13.8 Å². The Kier molecular flexibility index (Phi) is 13.7. The number of hydrogen-bond donors (Lipinski definition) is 1. The Morgan fingerprint density at radius 3 is 2.35 bits per heavy atom. The quantitative estimate of drug-likeness (QED) is 0.140. The third kappa shape index (κ3) is 14.3. The summed E-state index contributed by atoms with van der Waals surface area (Å²) >= 11 is 1.03. The smallest absolute Gasteiger partial charge is 0.305 e. The van der Waals surface area contributed by atoms with E-state index in [0.717, 1.165) is 12.0 Å². The van der Waals surface area contributed by atoms with Crippen molar-refractivity contribution in [3.8, 4) is 0 Å². The highest BCUT2D eigenvalue weighted by atomic mass is 32.2. The number of nitrogens with one attached hydrogen (secondary N) is 1. The van der Waals surface area contributed by atoms with Gasteiger partial charge in [0.15, 0.2) is 0 Å². The summed E-state index contributed by atoms with van der Waals surface area (Å²) in [5, 5.41) is 0. The maximum atomic E-state index is 12.0. The highest BCUT2D eigenvalue weighted by Gasteiger charge is 2.19. The summed E-state index contributed by atoms with van der Waals surface area (Å²) in [6, 6.07) is 0. The molecule has 0 bridgehead atoms. The summed E-state index contributed by atoms with van der Waals surface area (Å²) in [7, 11) is -3.56. The van der Waals surface area contributed by atoms with Gasteiger partial charge in [-0.25, -0.2) is 18.0 Å². The molecule has 1 N–H and O–H groups in total. The molecule has 0 saturated heterocycles. The molecule has 0 heterocycles. The van der Waals surface area contributed by atoms with Crippen LogP contribution in [0, 0.1) is 0 Å². The second kappa shape index (κ2) is 14.2. The summed E-state index contributed by atoms with van der Waals surface area (Å²) in [4.78, 5) is 27.5. The standard InChI is InChI=1S/C15H29NO8S2/c1-5-14(17)21-11-13(22-15(18)6-2)10-16-26(19,20)9-7-8-25-24-23-12(3)4/h12-13,16H,5-11H2,1-4H3. The fourth-order valence-electron chi connectivity index (χ4n) is 1.43. The maximum absolute atomic E-state index is 12.0. The van der Waals surface area contributed by atoms with Crippen LogP contribution in [0.15, 0.2) is 0 Å². The van der Waals surface area contributed by atoms with Gasteiger partial charge in [-0.15, -0.1) is 0 Å². The van der Waals surface area contributed by atoms with Crippen molar-refractivity contribution >= 4 is 34.0 Å². The van der Waals surface area contributed by atoms with Gasteiger partial charge in [-0.1, -0.05) is 13.8 Å². The first-order valence-corrected chi connectivity index (χ1v) is 11.0. The van der Waals surface area contributed by atoms with Gasteiger partial charge in [-0.3, -0.25) is 9.59 Å². The molecule has 26 heavy (non-hydrogen) atoms. The molecule has 11 heteroatoms. The minimum absolute atomic E-state index is 0.0718. The Balaban J connectivity index is 4.26. The zero-order chi connectivity index (χ0) is 20.0. The molecule has 0 amide bonds. The van der Waals surface area contributed by atoms with Crippen LogP contribution < -0.4 is 4.72 Å². The third-order valence-electron chi connectivity index (χ3n) is 2.76. The molecule has 0 fully saturated rings. The number of esters is 2. The van der Waals surface area contributed by atoms with Crippen molar-refractivity contribution in [2.75, 3.05) is 24.7 Å². The summed E-state index contributed by atoms with van der Waals surface area (Å²) < 4.78 is 41.2. The first-order chi connectivity index (χ1) is 12.2. The van der Waals surface area contributed by atoms with E-state index in [1.54, 1.807) is 13.8 Å². The van der Waals surface area contributed by atoms with E-state index in [-0.39, 0.29) is 37.9 Å². The minimum Gasteiger partial charge on any atom is -0.462 e. The largest absolute Gasteiger partial charge is 0.462 e. The molecule has 0 saturated carbocycles. The fourth-order valence-corrected chi connectivity index (χ4v) is 3.27.